The van der Waals surface area contributed by atoms with Gasteiger partial charge < -0.3 is 5.32 Å². The number of carbonyl (C=O) groups excluding carboxylic acids is 3. The Bertz CT molecular complexity index is 954. The third-order valence-corrected chi connectivity index (χ3v) is 6.38. The van der Waals surface area contributed by atoms with Crippen molar-refractivity contribution >= 4 is 23.2 Å². The lowest BCUT2D eigenvalue weighted by atomic mass is 9.79. The summed E-state index contributed by atoms with van der Waals surface area (Å²) in [5.41, 5.74) is 2.24. The Hall–Kier alpha value is -2.75. The Balaban J connectivity index is 1.45. The zero-order valence-electron chi connectivity index (χ0n) is 16.9. The highest BCUT2D eigenvalue weighted by molar-refractivity contribution is 6.28. The first-order valence-corrected chi connectivity index (χ1v) is 10.7. The maximum Gasteiger partial charge on any atom is 0.227 e. The summed E-state index contributed by atoms with van der Waals surface area (Å²) in [6.07, 6.45) is 7.86. The number of amides is 1. The molecule has 0 saturated heterocycles. The monoisotopic (exact) mass is 389 g/mol. The summed E-state index contributed by atoms with van der Waals surface area (Å²) in [5, 5.41) is 2.98. The van der Waals surface area contributed by atoms with Gasteiger partial charge in [-0.25, -0.2) is 0 Å². The Labute approximate surface area is 171 Å². The number of hydrogen-bond acceptors (Lipinski definition) is 3. The zero-order chi connectivity index (χ0) is 20.4. The predicted molar refractivity (Wildman–Crippen MR) is 113 cm³/mol. The van der Waals surface area contributed by atoms with Gasteiger partial charge in [-0.2, -0.15) is 0 Å². The van der Waals surface area contributed by atoms with Gasteiger partial charge >= 0.3 is 0 Å². The molecule has 4 nitrogen and oxygen atoms in total. The zero-order valence-corrected chi connectivity index (χ0v) is 16.9. The van der Waals surface area contributed by atoms with Crippen LogP contribution in [0.25, 0.3) is 0 Å². The molecule has 0 radical (unpaired) electrons. The van der Waals surface area contributed by atoms with E-state index < -0.39 is 0 Å². The Morgan fingerprint density at radius 3 is 2.17 bits per heavy atom. The summed E-state index contributed by atoms with van der Waals surface area (Å²) < 4.78 is 0. The van der Waals surface area contributed by atoms with E-state index >= 15 is 0 Å². The molecule has 150 valence electrons. The van der Waals surface area contributed by atoms with Crippen LogP contribution in [0.1, 0.15) is 83.7 Å². The number of carbonyl (C=O) groups is 3. The standard InChI is InChI=1S/C25H27NO3/c1-2-3-6-16-9-11-17(12-10-16)25(29)26-18-13-14-21-22(15-18)24(28)20-8-5-4-7-19(20)23(21)27/h4-5,7-8,13-17H,2-3,6,9-12H2,1H3,(H,26,29). The highest BCUT2D eigenvalue weighted by atomic mass is 16.2. The molecule has 4 rings (SSSR count). The van der Waals surface area contributed by atoms with E-state index in [4.69, 9.17) is 0 Å². The van der Waals surface area contributed by atoms with E-state index in [0.717, 1.165) is 31.6 Å². The summed E-state index contributed by atoms with van der Waals surface area (Å²) in [5.74, 6) is 0.503. The van der Waals surface area contributed by atoms with Crippen LogP contribution in [0.4, 0.5) is 5.69 Å². The molecule has 0 aromatic heterocycles. The number of fused-ring (bicyclic) bond motifs is 2. The lowest BCUT2D eigenvalue weighted by molar-refractivity contribution is -0.121. The fourth-order valence-electron chi connectivity index (χ4n) is 4.63. The highest BCUT2D eigenvalue weighted by Gasteiger charge is 2.30. The number of hydrogen-bond donors (Lipinski definition) is 1. The summed E-state index contributed by atoms with van der Waals surface area (Å²) in [7, 11) is 0. The minimum Gasteiger partial charge on any atom is -0.326 e. The van der Waals surface area contributed by atoms with Crippen LogP contribution in [0.5, 0.6) is 0 Å². The number of rotatable bonds is 5. The van der Waals surface area contributed by atoms with Gasteiger partial charge in [0.2, 0.25) is 5.91 Å². The third kappa shape index (κ3) is 3.89. The normalized spacial score (nSPS) is 20.7. The third-order valence-electron chi connectivity index (χ3n) is 6.38. The van der Waals surface area contributed by atoms with Crippen molar-refractivity contribution in [3.05, 3.63) is 64.7 Å². The molecule has 0 spiro atoms. The van der Waals surface area contributed by atoms with Crippen LogP contribution in [0.2, 0.25) is 0 Å². The van der Waals surface area contributed by atoms with Crippen molar-refractivity contribution in [3.63, 3.8) is 0 Å². The van der Waals surface area contributed by atoms with Crippen LogP contribution >= 0.6 is 0 Å². The van der Waals surface area contributed by atoms with E-state index in [-0.39, 0.29) is 23.4 Å². The van der Waals surface area contributed by atoms with Crippen LogP contribution in [0.3, 0.4) is 0 Å². The van der Waals surface area contributed by atoms with Gasteiger partial charge in [0.15, 0.2) is 11.6 Å². The Morgan fingerprint density at radius 1 is 0.897 bits per heavy atom. The van der Waals surface area contributed by atoms with Gasteiger partial charge in [0.1, 0.15) is 0 Å². The largest absolute Gasteiger partial charge is 0.326 e. The van der Waals surface area contributed by atoms with Crippen molar-refractivity contribution in [2.24, 2.45) is 11.8 Å². The fraction of sp³-hybridized carbons (Fsp3) is 0.400. The minimum absolute atomic E-state index is 0.0221. The number of benzene rings is 2. The first kappa shape index (κ1) is 19.6. The number of ketones is 2. The predicted octanol–water partition coefficient (Wildman–Crippen LogP) is 5.40. The second kappa shape index (κ2) is 8.32. The average Bonchev–Trinajstić information content (AvgIpc) is 2.76. The van der Waals surface area contributed by atoms with Crippen LogP contribution in [-0.2, 0) is 4.79 Å². The first-order valence-electron chi connectivity index (χ1n) is 10.7. The molecule has 0 heterocycles. The molecule has 0 bridgehead atoms. The van der Waals surface area contributed by atoms with Crippen molar-refractivity contribution in [2.45, 2.75) is 51.9 Å². The Morgan fingerprint density at radius 2 is 1.52 bits per heavy atom. The molecule has 29 heavy (non-hydrogen) atoms. The fourth-order valence-corrected chi connectivity index (χ4v) is 4.63. The van der Waals surface area contributed by atoms with E-state index in [9.17, 15) is 14.4 Å². The van der Waals surface area contributed by atoms with Crippen LogP contribution in [0, 0.1) is 11.8 Å². The number of unbranched alkanes of at least 4 members (excludes halogenated alkanes) is 1. The average molecular weight is 389 g/mol. The smallest absolute Gasteiger partial charge is 0.227 e. The minimum atomic E-state index is -0.164. The molecule has 1 amide bonds. The number of nitrogens with one attached hydrogen (secondary N) is 1. The molecule has 2 aromatic carbocycles. The topological polar surface area (TPSA) is 63.2 Å². The van der Waals surface area contributed by atoms with Crippen molar-refractivity contribution in [3.8, 4) is 0 Å². The van der Waals surface area contributed by atoms with Crippen molar-refractivity contribution < 1.29 is 14.4 Å². The molecule has 0 unspecified atom stereocenters. The lowest BCUT2D eigenvalue weighted by Gasteiger charge is -2.28. The van der Waals surface area contributed by atoms with E-state index in [2.05, 4.69) is 12.2 Å². The molecular formula is C25H27NO3. The van der Waals surface area contributed by atoms with E-state index in [1.54, 1.807) is 42.5 Å². The molecule has 1 fully saturated rings. The van der Waals surface area contributed by atoms with Gasteiger partial charge in [0, 0.05) is 33.9 Å². The lowest BCUT2D eigenvalue weighted by Crippen LogP contribution is -2.27. The molecule has 4 heteroatoms. The summed E-state index contributed by atoms with van der Waals surface area (Å²) in [6, 6.07) is 11.9. The molecule has 0 atom stereocenters. The molecular weight excluding hydrogens is 362 g/mol. The quantitative estimate of drug-likeness (QED) is 0.636. The van der Waals surface area contributed by atoms with Crippen LogP contribution < -0.4 is 5.32 Å². The van der Waals surface area contributed by atoms with Crippen molar-refractivity contribution in [2.75, 3.05) is 5.32 Å². The van der Waals surface area contributed by atoms with Gasteiger partial charge in [-0.15, -0.1) is 0 Å². The van der Waals surface area contributed by atoms with Gasteiger partial charge in [0.25, 0.3) is 0 Å². The van der Waals surface area contributed by atoms with Crippen LogP contribution in [-0.4, -0.2) is 17.5 Å². The second-order valence-electron chi connectivity index (χ2n) is 8.31. The van der Waals surface area contributed by atoms with Gasteiger partial charge in [-0.05, 0) is 49.8 Å². The molecule has 1 saturated carbocycles. The first-order chi connectivity index (χ1) is 14.1. The molecule has 1 N–H and O–H groups in total. The maximum atomic E-state index is 12.9. The Kier molecular flexibility index (Phi) is 5.61. The van der Waals surface area contributed by atoms with E-state index in [1.807, 2.05) is 0 Å². The summed E-state index contributed by atoms with van der Waals surface area (Å²) in [4.78, 5) is 38.3. The molecule has 2 aromatic rings. The second-order valence-corrected chi connectivity index (χ2v) is 8.31. The van der Waals surface area contributed by atoms with Crippen molar-refractivity contribution in [1.82, 2.24) is 0 Å². The SMILES string of the molecule is CCCCC1CCC(C(=O)Nc2ccc3c(c2)C(=O)c2ccccc2C3=O)CC1. The van der Waals surface area contributed by atoms with E-state index in [1.165, 1.54) is 19.3 Å². The van der Waals surface area contributed by atoms with E-state index in [0.29, 0.717) is 27.9 Å². The summed E-state index contributed by atoms with van der Waals surface area (Å²) in [6.45, 7) is 2.22. The maximum absolute atomic E-state index is 12.9. The highest BCUT2D eigenvalue weighted by Crippen LogP contribution is 2.33. The number of anilines is 1. The molecule has 2 aliphatic carbocycles. The molecule has 0 aliphatic heterocycles. The van der Waals surface area contributed by atoms with Gasteiger partial charge in [0.05, 0.1) is 0 Å². The van der Waals surface area contributed by atoms with Gasteiger partial charge in [-0.1, -0.05) is 50.5 Å². The van der Waals surface area contributed by atoms with Crippen LogP contribution in [0.15, 0.2) is 42.5 Å². The summed E-state index contributed by atoms with van der Waals surface area (Å²) >= 11 is 0. The van der Waals surface area contributed by atoms with Crippen molar-refractivity contribution in [1.29, 1.82) is 0 Å². The van der Waals surface area contributed by atoms with Gasteiger partial charge in [-0.3, -0.25) is 14.4 Å². The molecule has 2 aliphatic rings.